The predicted octanol–water partition coefficient (Wildman–Crippen LogP) is 5.08. The molecule has 1 N–H and O–H groups in total. The molecular formula is C21H23N3OS3. The van der Waals surface area contributed by atoms with Crippen LogP contribution in [0.1, 0.15) is 30.4 Å². The number of carbonyl (C=O) groups excluding carboxylic acids is 1. The van der Waals surface area contributed by atoms with Gasteiger partial charge in [-0.2, -0.15) is 0 Å². The Morgan fingerprint density at radius 3 is 2.11 bits per heavy atom. The highest BCUT2D eigenvalue weighted by Gasteiger charge is 2.14. The van der Waals surface area contributed by atoms with E-state index in [0.29, 0.717) is 12.3 Å². The Bertz CT molecular complexity index is 816. The zero-order valence-electron chi connectivity index (χ0n) is 15.7. The first-order valence-electron chi connectivity index (χ1n) is 9.22. The van der Waals surface area contributed by atoms with Gasteiger partial charge in [-0.3, -0.25) is 4.79 Å². The van der Waals surface area contributed by atoms with E-state index in [1.54, 1.807) is 23.1 Å². The van der Waals surface area contributed by atoms with Crippen LogP contribution in [0.5, 0.6) is 0 Å². The number of benzene rings is 2. The highest BCUT2D eigenvalue weighted by atomic mass is 32.2. The average Bonchev–Trinajstić information content (AvgIpc) is 3.19. The van der Waals surface area contributed by atoms with Crippen LogP contribution in [0.4, 0.5) is 0 Å². The van der Waals surface area contributed by atoms with E-state index in [9.17, 15) is 4.79 Å². The molecule has 0 bridgehead atoms. The minimum Gasteiger partial charge on any atom is -0.355 e. The first-order chi connectivity index (χ1) is 13.8. The molecule has 3 rings (SSSR count). The van der Waals surface area contributed by atoms with Crippen LogP contribution in [-0.4, -0.2) is 34.2 Å². The van der Waals surface area contributed by atoms with E-state index < -0.39 is 0 Å². The lowest BCUT2D eigenvalue weighted by atomic mass is 9.88. The molecule has 0 radical (unpaired) electrons. The molecule has 0 saturated heterocycles. The fourth-order valence-corrected chi connectivity index (χ4v) is 5.61. The molecule has 0 fully saturated rings. The molecule has 0 spiro atoms. The van der Waals surface area contributed by atoms with Crippen LogP contribution in [0.15, 0.2) is 69.3 Å². The number of carbonyl (C=O) groups is 1. The summed E-state index contributed by atoms with van der Waals surface area (Å²) in [6, 6.07) is 20.9. The van der Waals surface area contributed by atoms with Crippen molar-refractivity contribution in [3.8, 4) is 0 Å². The summed E-state index contributed by atoms with van der Waals surface area (Å²) in [5, 5.41) is 11.3. The largest absolute Gasteiger partial charge is 0.355 e. The van der Waals surface area contributed by atoms with Gasteiger partial charge in [-0.05, 0) is 23.3 Å². The lowest BCUT2D eigenvalue weighted by molar-refractivity contribution is -0.118. The van der Waals surface area contributed by atoms with Gasteiger partial charge in [0.1, 0.15) is 0 Å². The van der Waals surface area contributed by atoms with Gasteiger partial charge in [-0.15, -0.1) is 10.2 Å². The summed E-state index contributed by atoms with van der Waals surface area (Å²) >= 11 is 4.67. The van der Waals surface area contributed by atoms with Crippen molar-refractivity contribution in [3.63, 3.8) is 0 Å². The summed E-state index contributed by atoms with van der Waals surface area (Å²) in [5.74, 6) is 1.65. The van der Waals surface area contributed by atoms with Crippen LogP contribution in [0.25, 0.3) is 0 Å². The Morgan fingerprint density at radius 1 is 0.964 bits per heavy atom. The Morgan fingerprint density at radius 2 is 1.54 bits per heavy atom. The SMILES string of the molecule is CCSc1nnc(SCC(=O)NCCC(c2ccccc2)c2ccccc2)s1. The molecule has 146 valence electrons. The van der Waals surface area contributed by atoms with E-state index in [2.05, 4.69) is 71.0 Å². The van der Waals surface area contributed by atoms with Crippen LogP contribution >= 0.6 is 34.9 Å². The maximum Gasteiger partial charge on any atom is 0.230 e. The number of hydrogen-bond acceptors (Lipinski definition) is 6. The summed E-state index contributed by atoms with van der Waals surface area (Å²) < 4.78 is 1.80. The summed E-state index contributed by atoms with van der Waals surface area (Å²) in [7, 11) is 0. The molecule has 1 amide bonds. The minimum absolute atomic E-state index is 0.0322. The highest BCUT2D eigenvalue weighted by Crippen LogP contribution is 2.29. The second-order valence-electron chi connectivity index (χ2n) is 6.07. The van der Waals surface area contributed by atoms with Gasteiger partial charge in [0, 0.05) is 12.5 Å². The maximum atomic E-state index is 12.2. The second-order valence-corrected chi connectivity index (χ2v) is 9.78. The van der Waals surface area contributed by atoms with E-state index in [4.69, 9.17) is 0 Å². The van der Waals surface area contributed by atoms with Gasteiger partial charge < -0.3 is 5.32 Å². The van der Waals surface area contributed by atoms with Crippen LogP contribution in [0.3, 0.4) is 0 Å². The third-order valence-corrected chi connectivity index (χ3v) is 7.21. The molecule has 4 nitrogen and oxygen atoms in total. The quantitative estimate of drug-likeness (QED) is 0.456. The van der Waals surface area contributed by atoms with Crippen molar-refractivity contribution in [2.45, 2.75) is 27.9 Å². The molecule has 1 aromatic heterocycles. The summed E-state index contributed by atoms with van der Waals surface area (Å²) in [6.07, 6.45) is 0.862. The molecule has 0 unspecified atom stereocenters. The molecular weight excluding hydrogens is 406 g/mol. The monoisotopic (exact) mass is 429 g/mol. The fourth-order valence-electron chi connectivity index (χ4n) is 2.87. The van der Waals surface area contributed by atoms with Crippen molar-refractivity contribution >= 4 is 40.8 Å². The van der Waals surface area contributed by atoms with Gasteiger partial charge in [-0.25, -0.2) is 0 Å². The van der Waals surface area contributed by atoms with Gasteiger partial charge in [-0.1, -0.05) is 102 Å². The van der Waals surface area contributed by atoms with Gasteiger partial charge in [0.2, 0.25) is 5.91 Å². The van der Waals surface area contributed by atoms with Crippen molar-refractivity contribution in [1.82, 2.24) is 15.5 Å². The summed E-state index contributed by atoms with van der Waals surface area (Å²) in [5.41, 5.74) is 2.54. The molecule has 0 aliphatic heterocycles. The third kappa shape index (κ3) is 6.36. The van der Waals surface area contributed by atoms with Crippen LogP contribution in [0.2, 0.25) is 0 Å². The van der Waals surface area contributed by atoms with Crippen LogP contribution < -0.4 is 5.32 Å². The molecule has 28 heavy (non-hydrogen) atoms. The van der Waals surface area contributed by atoms with Gasteiger partial charge in [0.15, 0.2) is 8.68 Å². The number of nitrogens with one attached hydrogen (secondary N) is 1. The number of rotatable bonds is 10. The lowest BCUT2D eigenvalue weighted by Gasteiger charge is -2.18. The zero-order valence-corrected chi connectivity index (χ0v) is 18.2. The zero-order chi connectivity index (χ0) is 19.6. The number of amides is 1. The van der Waals surface area contributed by atoms with Crippen molar-refractivity contribution in [2.75, 3.05) is 18.1 Å². The predicted molar refractivity (Wildman–Crippen MR) is 119 cm³/mol. The summed E-state index contributed by atoms with van der Waals surface area (Å²) in [4.78, 5) is 12.2. The van der Waals surface area contributed by atoms with E-state index in [-0.39, 0.29) is 11.8 Å². The van der Waals surface area contributed by atoms with Crippen LogP contribution in [-0.2, 0) is 4.79 Å². The molecule has 0 atom stereocenters. The van der Waals surface area contributed by atoms with E-state index in [0.717, 1.165) is 20.9 Å². The first kappa shape index (κ1) is 20.9. The minimum atomic E-state index is 0.0322. The molecule has 0 aliphatic carbocycles. The summed E-state index contributed by atoms with van der Waals surface area (Å²) in [6.45, 7) is 2.73. The van der Waals surface area contributed by atoms with E-state index in [1.807, 2.05) is 12.1 Å². The second kappa shape index (κ2) is 11.2. The Balaban J connectivity index is 1.50. The number of hydrogen-bond donors (Lipinski definition) is 1. The topological polar surface area (TPSA) is 54.9 Å². The highest BCUT2D eigenvalue weighted by molar-refractivity contribution is 8.03. The van der Waals surface area contributed by atoms with Gasteiger partial charge in [0.25, 0.3) is 0 Å². The van der Waals surface area contributed by atoms with Crippen molar-refractivity contribution in [1.29, 1.82) is 0 Å². The molecule has 7 heteroatoms. The molecule has 0 aliphatic rings. The van der Waals surface area contributed by atoms with E-state index in [1.165, 1.54) is 22.9 Å². The number of nitrogens with zero attached hydrogens (tertiary/aromatic N) is 2. The number of aromatic nitrogens is 2. The lowest BCUT2D eigenvalue weighted by Crippen LogP contribution is -2.27. The average molecular weight is 430 g/mol. The number of thioether (sulfide) groups is 2. The van der Waals surface area contributed by atoms with Gasteiger partial charge in [0.05, 0.1) is 5.75 Å². The van der Waals surface area contributed by atoms with E-state index >= 15 is 0 Å². The Labute approximate surface area is 178 Å². The third-order valence-electron chi connectivity index (χ3n) is 4.14. The first-order valence-corrected chi connectivity index (χ1v) is 12.0. The molecule has 0 saturated carbocycles. The Hall–Kier alpha value is -1.83. The maximum absolute atomic E-state index is 12.2. The van der Waals surface area contributed by atoms with Crippen molar-refractivity contribution < 1.29 is 4.79 Å². The standard InChI is InChI=1S/C21H23N3OS3/c1-2-26-20-23-24-21(28-20)27-15-19(25)22-14-13-18(16-9-5-3-6-10-16)17-11-7-4-8-12-17/h3-12,18H,2,13-15H2,1H3,(H,22,25). The smallest absolute Gasteiger partial charge is 0.230 e. The molecule has 2 aromatic carbocycles. The molecule has 1 heterocycles. The normalized spacial score (nSPS) is 10.9. The molecule has 3 aromatic rings. The van der Waals surface area contributed by atoms with Crippen molar-refractivity contribution in [2.24, 2.45) is 0 Å². The Kier molecular flexibility index (Phi) is 8.39. The fraction of sp³-hybridized carbons (Fsp3) is 0.286. The van der Waals surface area contributed by atoms with Gasteiger partial charge >= 0.3 is 0 Å². The van der Waals surface area contributed by atoms with Crippen LogP contribution in [0, 0.1) is 0 Å². The van der Waals surface area contributed by atoms with Crippen molar-refractivity contribution in [3.05, 3.63) is 71.8 Å².